The van der Waals surface area contributed by atoms with Crippen LogP contribution in [0, 0.1) is 13.8 Å². The number of halogens is 1. The molecule has 0 aliphatic heterocycles. The van der Waals surface area contributed by atoms with E-state index in [0.29, 0.717) is 36.3 Å². The summed E-state index contributed by atoms with van der Waals surface area (Å²) < 4.78 is 3.25. The Bertz CT molecular complexity index is 1180. The van der Waals surface area contributed by atoms with E-state index in [-0.39, 0.29) is 23.3 Å². The number of anilines is 1. The van der Waals surface area contributed by atoms with E-state index in [0.717, 1.165) is 22.3 Å². The predicted octanol–water partition coefficient (Wildman–Crippen LogP) is 2.39. The molecule has 8 nitrogen and oxygen atoms in total. The molecular formula is C22H32BClN7O. The van der Waals surface area contributed by atoms with E-state index in [1.54, 1.807) is 9.13 Å². The number of fused-ring (bicyclic) bond motifs is 1. The van der Waals surface area contributed by atoms with Crippen molar-refractivity contribution in [2.24, 2.45) is 0 Å². The summed E-state index contributed by atoms with van der Waals surface area (Å²) in [5, 5.41) is 0.181. The lowest BCUT2D eigenvalue weighted by atomic mass is 9.69. The summed E-state index contributed by atoms with van der Waals surface area (Å²) in [6, 6.07) is 0.703. The van der Waals surface area contributed by atoms with Gasteiger partial charge in [-0.25, -0.2) is 4.79 Å². The van der Waals surface area contributed by atoms with Gasteiger partial charge in [-0.3, -0.25) is 19.0 Å². The Morgan fingerprint density at radius 3 is 2.41 bits per heavy atom. The van der Waals surface area contributed by atoms with E-state index >= 15 is 0 Å². The van der Waals surface area contributed by atoms with Crippen LogP contribution in [-0.4, -0.2) is 54.9 Å². The molecule has 0 spiro atoms. The Morgan fingerprint density at radius 2 is 1.81 bits per heavy atom. The Hall–Kier alpha value is -2.39. The molecule has 3 heterocycles. The lowest BCUT2D eigenvalue weighted by Crippen LogP contribution is -2.40. The minimum atomic E-state index is -0.196. The standard InChI is InChI=1S/C22H32BClN7O/c1-12(2)29(13(3)4)8-9-30-18-19(24)27-21(25)28-20(18)31(22(30)32)11-16-15(6)17(23-7)14(5)10-26-16/h10,12-13H,8-9,11H2,1-7H3,(H2,25,27,28). The minimum Gasteiger partial charge on any atom is -0.368 e. The highest BCUT2D eigenvalue weighted by Crippen LogP contribution is 2.22. The second kappa shape index (κ2) is 9.62. The first-order chi connectivity index (χ1) is 15.1. The first-order valence-corrected chi connectivity index (χ1v) is 11.4. The smallest absolute Gasteiger partial charge is 0.330 e. The number of pyridine rings is 1. The van der Waals surface area contributed by atoms with Crippen molar-refractivity contribution in [1.82, 2.24) is 29.0 Å². The fourth-order valence-corrected chi connectivity index (χ4v) is 4.68. The van der Waals surface area contributed by atoms with Gasteiger partial charge in [-0.05, 0) is 52.7 Å². The first kappa shape index (κ1) is 24.3. The van der Waals surface area contributed by atoms with E-state index in [2.05, 4.69) is 54.8 Å². The fraction of sp³-hybridized carbons (Fsp3) is 0.545. The number of nitrogen functional groups attached to an aromatic ring is 1. The quantitative estimate of drug-likeness (QED) is 0.413. The Labute approximate surface area is 195 Å². The average molecular weight is 457 g/mol. The van der Waals surface area contributed by atoms with Gasteiger partial charge in [0.15, 0.2) is 10.8 Å². The molecule has 3 rings (SSSR count). The maximum Gasteiger partial charge on any atom is 0.330 e. The van der Waals surface area contributed by atoms with Gasteiger partial charge in [0.1, 0.15) is 12.8 Å². The van der Waals surface area contributed by atoms with Crippen molar-refractivity contribution in [2.75, 3.05) is 12.3 Å². The van der Waals surface area contributed by atoms with Crippen LogP contribution in [0.25, 0.3) is 11.2 Å². The van der Waals surface area contributed by atoms with Crippen molar-refractivity contribution in [3.63, 3.8) is 0 Å². The topological polar surface area (TPSA) is 94.9 Å². The van der Waals surface area contributed by atoms with Crippen LogP contribution in [0.1, 0.15) is 44.5 Å². The fourth-order valence-electron chi connectivity index (χ4n) is 4.41. The highest BCUT2D eigenvalue weighted by molar-refractivity contribution is 6.53. The van der Waals surface area contributed by atoms with Crippen LogP contribution in [0.4, 0.5) is 5.95 Å². The molecule has 0 amide bonds. The lowest BCUT2D eigenvalue weighted by Gasteiger charge is -2.30. The molecule has 3 aromatic heterocycles. The molecule has 0 aliphatic rings. The van der Waals surface area contributed by atoms with Gasteiger partial charge in [0.2, 0.25) is 5.95 Å². The zero-order valence-corrected chi connectivity index (χ0v) is 20.7. The molecule has 0 atom stereocenters. The Morgan fingerprint density at radius 1 is 1.16 bits per heavy atom. The number of rotatable bonds is 8. The number of hydrogen-bond acceptors (Lipinski definition) is 6. The predicted molar refractivity (Wildman–Crippen MR) is 132 cm³/mol. The molecule has 171 valence electrons. The van der Waals surface area contributed by atoms with E-state index in [1.165, 1.54) is 0 Å². The SMILES string of the molecule is C[B]c1c(C)cnc(Cn2c(=O)n(CCN(C(C)C)C(C)C)c3c(Cl)nc(N)nc32)c1C. The number of aromatic nitrogens is 5. The molecule has 1 radical (unpaired) electrons. The van der Waals surface area contributed by atoms with Gasteiger partial charge in [-0.15, -0.1) is 0 Å². The summed E-state index contributed by atoms with van der Waals surface area (Å²) in [5.74, 6) is 0.0376. The zero-order chi connectivity index (χ0) is 23.7. The number of nitrogens with two attached hydrogens (primary N) is 1. The van der Waals surface area contributed by atoms with Crippen molar-refractivity contribution in [3.8, 4) is 0 Å². The Kier molecular flexibility index (Phi) is 7.30. The molecule has 0 saturated carbocycles. The molecule has 0 fully saturated rings. The van der Waals surface area contributed by atoms with Crippen molar-refractivity contribution in [2.45, 2.75) is 73.5 Å². The van der Waals surface area contributed by atoms with Crippen LogP contribution in [0.5, 0.6) is 0 Å². The summed E-state index contributed by atoms with van der Waals surface area (Å²) in [4.78, 5) is 29.0. The molecule has 0 aliphatic carbocycles. The Balaban J connectivity index is 2.12. The number of aryl methyl sites for hydroxylation is 1. The van der Waals surface area contributed by atoms with Crippen LogP contribution in [-0.2, 0) is 13.1 Å². The number of hydrogen-bond donors (Lipinski definition) is 1. The second-order valence-corrected chi connectivity index (χ2v) is 9.06. The molecular weight excluding hydrogens is 425 g/mol. The van der Waals surface area contributed by atoms with Crippen molar-refractivity contribution < 1.29 is 0 Å². The first-order valence-electron chi connectivity index (χ1n) is 11.0. The van der Waals surface area contributed by atoms with Gasteiger partial charge in [0.05, 0.1) is 12.2 Å². The minimum absolute atomic E-state index is 0.0376. The third-order valence-corrected chi connectivity index (χ3v) is 6.27. The van der Waals surface area contributed by atoms with Crippen molar-refractivity contribution >= 4 is 41.5 Å². The van der Waals surface area contributed by atoms with Crippen LogP contribution in [0.3, 0.4) is 0 Å². The molecule has 10 heteroatoms. The highest BCUT2D eigenvalue weighted by Gasteiger charge is 2.22. The van der Waals surface area contributed by atoms with Crippen molar-refractivity contribution in [1.29, 1.82) is 0 Å². The summed E-state index contributed by atoms with van der Waals surface area (Å²) in [6.45, 7) is 16.1. The summed E-state index contributed by atoms with van der Waals surface area (Å²) in [6.07, 6.45) is 1.83. The van der Waals surface area contributed by atoms with E-state index in [4.69, 9.17) is 17.3 Å². The maximum atomic E-state index is 13.5. The molecule has 3 aromatic rings. The normalized spacial score (nSPS) is 12.0. The van der Waals surface area contributed by atoms with Crippen LogP contribution in [0.2, 0.25) is 12.0 Å². The van der Waals surface area contributed by atoms with Gasteiger partial charge in [-0.1, -0.05) is 23.9 Å². The van der Waals surface area contributed by atoms with Crippen LogP contribution < -0.4 is 16.9 Å². The van der Waals surface area contributed by atoms with Gasteiger partial charge in [0, 0.05) is 31.4 Å². The second-order valence-electron chi connectivity index (χ2n) is 8.71. The largest absolute Gasteiger partial charge is 0.368 e. The maximum absolute atomic E-state index is 13.5. The highest BCUT2D eigenvalue weighted by atomic mass is 35.5. The zero-order valence-electron chi connectivity index (χ0n) is 20.0. The third kappa shape index (κ3) is 4.54. The molecule has 0 saturated heterocycles. The van der Waals surface area contributed by atoms with Crippen molar-refractivity contribution in [3.05, 3.63) is 38.7 Å². The third-order valence-electron chi connectivity index (χ3n) is 6.01. The number of nitrogens with zero attached hydrogens (tertiary/aromatic N) is 6. The lowest BCUT2D eigenvalue weighted by molar-refractivity contribution is 0.168. The summed E-state index contributed by atoms with van der Waals surface area (Å²) in [7, 11) is 2.06. The van der Waals surface area contributed by atoms with Gasteiger partial charge in [-0.2, -0.15) is 9.97 Å². The van der Waals surface area contributed by atoms with Crippen LogP contribution in [0.15, 0.2) is 11.0 Å². The van der Waals surface area contributed by atoms with E-state index in [9.17, 15) is 4.79 Å². The molecule has 0 aromatic carbocycles. The van der Waals surface area contributed by atoms with Gasteiger partial charge >= 0.3 is 5.69 Å². The molecule has 0 bridgehead atoms. The number of imidazole rings is 1. The molecule has 32 heavy (non-hydrogen) atoms. The summed E-state index contributed by atoms with van der Waals surface area (Å²) >= 11 is 6.46. The van der Waals surface area contributed by atoms with E-state index in [1.807, 2.05) is 26.9 Å². The molecule has 0 unspecified atom stereocenters. The van der Waals surface area contributed by atoms with Gasteiger partial charge in [0.25, 0.3) is 0 Å². The molecule has 2 N–H and O–H groups in total. The summed E-state index contributed by atoms with van der Waals surface area (Å²) in [5.41, 5.74) is 10.7. The van der Waals surface area contributed by atoms with Gasteiger partial charge < -0.3 is 5.73 Å². The van der Waals surface area contributed by atoms with Crippen LogP contribution >= 0.6 is 11.6 Å². The monoisotopic (exact) mass is 456 g/mol. The van der Waals surface area contributed by atoms with E-state index < -0.39 is 0 Å². The average Bonchev–Trinajstić information content (AvgIpc) is 2.95.